The number of benzene rings is 2. The van der Waals surface area contributed by atoms with Crippen LogP contribution >= 0.6 is 31.9 Å². The van der Waals surface area contributed by atoms with Gasteiger partial charge in [0.05, 0.1) is 28.1 Å². The van der Waals surface area contributed by atoms with Crippen molar-refractivity contribution in [3.63, 3.8) is 0 Å². The van der Waals surface area contributed by atoms with Crippen molar-refractivity contribution >= 4 is 65.1 Å². The molecule has 0 atom stereocenters. The Bertz CT molecular complexity index is 1120. The molecule has 0 amide bonds. The minimum atomic E-state index is 0.841. The van der Waals surface area contributed by atoms with E-state index in [1.807, 2.05) is 37.3 Å². The molecule has 4 rings (SSSR count). The van der Waals surface area contributed by atoms with Crippen molar-refractivity contribution in [2.24, 2.45) is 4.99 Å². The molecule has 0 spiro atoms. The first kappa shape index (κ1) is 16.4. The van der Waals surface area contributed by atoms with Gasteiger partial charge in [0.15, 0.2) is 0 Å². The van der Waals surface area contributed by atoms with Crippen molar-refractivity contribution in [2.45, 2.75) is 6.92 Å². The average Bonchev–Trinajstić information content (AvgIpc) is 2.64. The molecular formula is C20H13Br2N3. The summed E-state index contributed by atoms with van der Waals surface area (Å²) in [6.07, 6.45) is 1.80. The normalized spacial score (nSPS) is 12.0. The first-order valence-electron chi connectivity index (χ1n) is 7.77. The highest BCUT2D eigenvalue weighted by Crippen LogP contribution is 2.34. The summed E-state index contributed by atoms with van der Waals surface area (Å²) < 4.78 is 1.88. The Morgan fingerprint density at radius 2 is 1.52 bits per heavy atom. The first-order valence-corrected chi connectivity index (χ1v) is 9.36. The van der Waals surface area contributed by atoms with E-state index in [0.29, 0.717) is 0 Å². The number of nitrogens with zero attached hydrogens (tertiary/aromatic N) is 3. The van der Waals surface area contributed by atoms with Gasteiger partial charge in [0.2, 0.25) is 0 Å². The fourth-order valence-electron chi connectivity index (χ4n) is 2.75. The Morgan fingerprint density at radius 1 is 0.840 bits per heavy atom. The summed E-state index contributed by atoms with van der Waals surface area (Å²) in [6.45, 7) is 1.97. The fraction of sp³-hybridized carbons (Fsp3) is 0.0500. The van der Waals surface area contributed by atoms with Crippen LogP contribution in [0.2, 0.25) is 0 Å². The smallest absolute Gasteiger partial charge is 0.0972 e. The van der Waals surface area contributed by atoms with E-state index >= 15 is 0 Å². The van der Waals surface area contributed by atoms with E-state index in [-0.39, 0.29) is 0 Å². The molecule has 0 N–H and O–H groups in total. The number of aromatic nitrogens is 2. The van der Waals surface area contributed by atoms with Gasteiger partial charge in [0.1, 0.15) is 0 Å². The van der Waals surface area contributed by atoms with E-state index in [9.17, 15) is 0 Å². The van der Waals surface area contributed by atoms with E-state index in [0.717, 1.165) is 47.8 Å². The van der Waals surface area contributed by atoms with Crippen LogP contribution in [0.1, 0.15) is 12.6 Å². The zero-order valence-electron chi connectivity index (χ0n) is 13.4. The lowest BCUT2D eigenvalue weighted by atomic mass is 10.1. The molecule has 2 aromatic carbocycles. The molecule has 0 aliphatic heterocycles. The summed E-state index contributed by atoms with van der Waals surface area (Å²) in [4.78, 5) is 14.1. The van der Waals surface area contributed by atoms with Crippen LogP contribution in [0.4, 0.5) is 5.69 Å². The minimum absolute atomic E-state index is 0.841. The highest BCUT2D eigenvalue weighted by Gasteiger charge is 2.08. The number of rotatable bonds is 2. The summed E-state index contributed by atoms with van der Waals surface area (Å²) >= 11 is 7.11. The van der Waals surface area contributed by atoms with E-state index in [1.165, 1.54) is 0 Å². The summed E-state index contributed by atoms with van der Waals surface area (Å²) in [6, 6.07) is 18.1. The molecule has 0 unspecified atom stereocenters. The van der Waals surface area contributed by atoms with Crippen molar-refractivity contribution in [3.8, 4) is 0 Å². The zero-order valence-corrected chi connectivity index (χ0v) is 16.5. The van der Waals surface area contributed by atoms with E-state index in [2.05, 4.69) is 61.1 Å². The topological polar surface area (TPSA) is 38.1 Å². The molecule has 122 valence electrons. The summed E-state index contributed by atoms with van der Waals surface area (Å²) in [5.41, 5.74) is 4.36. The van der Waals surface area contributed by atoms with Crippen LogP contribution in [-0.4, -0.2) is 15.7 Å². The van der Waals surface area contributed by atoms with Gasteiger partial charge in [0.25, 0.3) is 0 Å². The van der Waals surface area contributed by atoms with Crippen molar-refractivity contribution in [3.05, 3.63) is 75.4 Å². The van der Waals surface area contributed by atoms with Gasteiger partial charge in [-0.25, -0.2) is 9.98 Å². The second-order valence-electron chi connectivity index (χ2n) is 5.68. The van der Waals surface area contributed by atoms with Gasteiger partial charge in [-0.2, -0.15) is 0 Å². The molecule has 25 heavy (non-hydrogen) atoms. The highest BCUT2D eigenvalue weighted by atomic mass is 79.9. The van der Waals surface area contributed by atoms with Gasteiger partial charge < -0.3 is 0 Å². The van der Waals surface area contributed by atoms with Gasteiger partial charge in [-0.1, -0.05) is 30.3 Å². The van der Waals surface area contributed by atoms with Crippen LogP contribution in [-0.2, 0) is 0 Å². The molecule has 0 radical (unpaired) electrons. The molecule has 0 saturated heterocycles. The maximum Gasteiger partial charge on any atom is 0.0972 e. The van der Waals surface area contributed by atoms with Gasteiger partial charge in [0, 0.05) is 25.9 Å². The van der Waals surface area contributed by atoms with Crippen LogP contribution in [0.3, 0.4) is 0 Å². The molecule has 2 aromatic heterocycles. The molecule has 0 aliphatic rings. The van der Waals surface area contributed by atoms with Gasteiger partial charge in [-0.15, -0.1) is 0 Å². The predicted octanol–water partition coefficient (Wildman–Crippen LogP) is 6.45. The first-order chi connectivity index (χ1) is 12.1. The molecule has 4 aromatic rings. The number of fused-ring (bicyclic) bond motifs is 3. The van der Waals surface area contributed by atoms with Gasteiger partial charge in [-0.3, -0.25) is 4.98 Å². The van der Waals surface area contributed by atoms with Gasteiger partial charge in [-0.05, 0) is 63.0 Å². The van der Waals surface area contributed by atoms with E-state index < -0.39 is 0 Å². The maximum atomic E-state index is 4.83. The number of para-hydroxylation sites is 1. The zero-order chi connectivity index (χ0) is 17.4. The van der Waals surface area contributed by atoms with Crippen LogP contribution in [0.5, 0.6) is 0 Å². The van der Waals surface area contributed by atoms with Crippen LogP contribution in [0, 0.1) is 0 Å². The number of pyridine rings is 2. The largest absolute Gasteiger partial charge is 0.254 e. The van der Waals surface area contributed by atoms with Crippen molar-refractivity contribution in [1.29, 1.82) is 0 Å². The van der Waals surface area contributed by atoms with E-state index in [4.69, 9.17) is 9.98 Å². The lowest BCUT2D eigenvalue weighted by molar-refractivity contribution is 1.32. The predicted molar refractivity (Wildman–Crippen MR) is 111 cm³/mol. The van der Waals surface area contributed by atoms with Crippen LogP contribution in [0.25, 0.3) is 21.8 Å². The third kappa shape index (κ3) is 3.10. The molecule has 2 heterocycles. The Labute approximate surface area is 162 Å². The lowest BCUT2D eigenvalue weighted by Gasteiger charge is -2.07. The number of aliphatic imine (C=N–C) groups is 1. The molecular weight excluding hydrogens is 442 g/mol. The van der Waals surface area contributed by atoms with Crippen molar-refractivity contribution < 1.29 is 0 Å². The fourth-order valence-corrected chi connectivity index (χ4v) is 3.92. The molecule has 0 saturated carbocycles. The second kappa shape index (κ2) is 6.65. The van der Waals surface area contributed by atoms with Crippen LogP contribution in [0.15, 0.2) is 74.7 Å². The average molecular weight is 455 g/mol. The second-order valence-corrected chi connectivity index (χ2v) is 7.39. The standard InChI is InChI=1S/C20H13Br2N3/c1-12(24-20-15(21)5-2-6-16(20)22)17-10-9-14-8-7-13-4-3-11-23-18(13)19(14)25-17/h2-11H,1H3. The van der Waals surface area contributed by atoms with Gasteiger partial charge >= 0.3 is 0 Å². The van der Waals surface area contributed by atoms with Crippen molar-refractivity contribution in [2.75, 3.05) is 0 Å². The highest BCUT2D eigenvalue weighted by molar-refractivity contribution is 9.11. The monoisotopic (exact) mass is 453 g/mol. The van der Waals surface area contributed by atoms with Crippen LogP contribution < -0.4 is 0 Å². The van der Waals surface area contributed by atoms with Crippen molar-refractivity contribution in [1.82, 2.24) is 9.97 Å². The lowest BCUT2D eigenvalue weighted by Crippen LogP contribution is -1.99. The summed E-state index contributed by atoms with van der Waals surface area (Å²) in [5.74, 6) is 0. The Hall–Kier alpha value is -2.11. The molecule has 0 bridgehead atoms. The molecule has 0 aliphatic carbocycles. The maximum absolute atomic E-state index is 4.83. The minimum Gasteiger partial charge on any atom is -0.254 e. The van der Waals surface area contributed by atoms with E-state index in [1.54, 1.807) is 6.20 Å². The molecule has 0 fully saturated rings. The number of hydrogen-bond acceptors (Lipinski definition) is 3. The summed E-state index contributed by atoms with van der Waals surface area (Å²) in [5, 5.41) is 2.16. The summed E-state index contributed by atoms with van der Waals surface area (Å²) in [7, 11) is 0. The Kier molecular flexibility index (Phi) is 4.36. The quantitative estimate of drug-likeness (QED) is 0.258. The molecule has 3 nitrogen and oxygen atoms in total. The molecule has 5 heteroatoms. The SMILES string of the molecule is CC(=Nc1c(Br)cccc1Br)c1ccc2ccc3cccnc3c2n1. The third-order valence-corrected chi connectivity index (χ3v) is 5.30. The number of hydrogen-bond donors (Lipinski definition) is 0. The number of halogens is 2. The Morgan fingerprint density at radius 3 is 2.28 bits per heavy atom. The third-order valence-electron chi connectivity index (χ3n) is 4.02. The Balaban J connectivity index is 1.89.